The van der Waals surface area contributed by atoms with Crippen LogP contribution in [-0.2, 0) is 11.3 Å². The lowest BCUT2D eigenvalue weighted by Gasteiger charge is -2.22. The molecule has 1 aromatic heterocycles. The maximum absolute atomic E-state index is 12.1. The van der Waals surface area contributed by atoms with Gasteiger partial charge in [-0.2, -0.15) is 24.9 Å². The van der Waals surface area contributed by atoms with Gasteiger partial charge < -0.3 is 15.4 Å². The van der Waals surface area contributed by atoms with Crippen molar-refractivity contribution in [2.24, 2.45) is 0 Å². The average molecular weight is 422 g/mol. The summed E-state index contributed by atoms with van der Waals surface area (Å²) >= 11 is 1.81. The molecule has 2 heterocycles. The third-order valence-corrected chi connectivity index (χ3v) is 4.23. The molecule has 1 aromatic rings. The number of carbonyl (C=O) groups excluding carboxylic acids is 1. The Morgan fingerprint density at radius 1 is 1.44 bits per heavy atom. The van der Waals surface area contributed by atoms with Gasteiger partial charge in [-0.15, -0.1) is 24.8 Å². The van der Waals surface area contributed by atoms with Crippen molar-refractivity contribution in [1.82, 2.24) is 15.6 Å². The summed E-state index contributed by atoms with van der Waals surface area (Å²) in [5.41, 5.74) is 0.636. The van der Waals surface area contributed by atoms with E-state index in [4.69, 9.17) is 0 Å². The highest BCUT2D eigenvalue weighted by Crippen LogP contribution is 2.17. The normalized spacial score (nSPS) is 17.0. The van der Waals surface area contributed by atoms with Crippen LogP contribution < -0.4 is 15.4 Å². The van der Waals surface area contributed by atoms with Crippen LogP contribution in [-0.4, -0.2) is 47.8 Å². The fourth-order valence-corrected chi connectivity index (χ4v) is 2.99. The number of aromatic nitrogens is 1. The maximum atomic E-state index is 12.1. The molecule has 0 saturated carbocycles. The number of nitrogens with one attached hydrogen (secondary N) is 2. The highest BCUT2D eigenvalue weighted by Gasteiger charge is 2.28. The zero-order valence-corrected chi connectivity index (χ0v) is 15.6. The molecule has 0 spiro atoms. The van der Waals surface area contributed by atoms with Crippen molar-refractivity contribution >= 4 is 42.5 Å². The SMILES string of the molecule is Cl.Cl.O=C(CC1CSCCN1)NCc1ccnc(OCC(F)(F)F)c1. The maximum Gasteiger partial charge on any atom is 0.422 e. The minimum atomic E-state index is -4.41. The molecular weight excluding hydrogens is 402 g/mol. The highest BCUT2D eigenvalue weighted by atomic mass is 35.5. The number of alkyl halides is 3. The summed E-state index contributed by atoms with van der Waals surface area (Å²) in [5.74, 6) is 1.74. The first-order valence-electron chi connectivity index (χ1n) is 7.15. The van der Waals surface area contributed by atoms with E-state index in [0.717, 1.165) is 18.1 Å². The van der Waals surface area contributed by atoms with E-state index in [1.165, 1.54) is 12.3 Å². The first-order chi connectivity index (χ1) is 10.9. The molecule has 144 valence electrons. The van der Waals surface area contributed by atoms with Gasteiger partial charge in [0.1, 0.15) is 0 Å². The van der Waals surface area contributed by atoms with E-state index >= 15 is 0 Å². The molecule has 2 N–H and O–H groups in total. The summed E-state index contributed by atoms with van der Waals surface area (Å²) in [5, 5.41) is 6.02. The summed E-state index contributed by atoms with van der Waals surface area (Å²) in [4.78, 5) is 15.6. The molecule has 0 aromatic carbocycles. The molecule has 1 amide bonds. The summed E-state index contributed by atoms with van der Waals surface area (Å²) < 4.78 is 40.9. The smallest absolute Gasteiger partial charge is 0.422 e. The zero-order chi connectivity index (χ0) is 16.7. The van der Waals surface area contributed by atoms with E-state index in [0.29, 0.717) is 12.0 Å². The van der Waals surface area contributed by atoms with Crippen molar-refractivity contribution in [3.63, 3.8) is 0 Å². The molecule has 2 rings (SSSR count). The lowest BCUT2D eigenvalue weighted by molar-refractivity contribution is -0.154. The van der Waals surface area contributed by atoms with Crippen LogP contribution in [0.2, 0.25) is 0 Å². The molecular formula is C14H20Cl2F3N3O2S. The molecule has 1 saturated heterocycles. The summed E-state index contributed by atoms with van der Waals surface area (Å²) in [6.45, 7) is -0.267. The quantitative estimate of drug-likeness (QED) is 0.738. The Bertz CT molecular complexity index is 532. The molecule has 0 bridgehead atoms. The van der Waals surface area contributed by atoms with Crippen molar-refractivity contribution in [2.75, 3.05) is 24.7 Å². The summed E-state index contributed by atoms with van der Waals surface area (Å²) in [6, 6.07) is 3.17. The summed E-state index contributed by atoms with van der Waals surface area (Å²) in [6.07, 6.45) is -2.67. The van der Waals surface area contributed by atoms with E-state index in [2.05, 4.69) is 20.4 Å². The molecule has 0 radical (unpaired) electrons. The molecule has 1 aliphatic rings. The monoisotopic (exact) mass is 421 g/mol. The van der Waals surface area contributed by atoms with Crippen molar-refractivity contribution in [3.05, 3.63) is 23.9 Å². The first-order valence-corrected chi connectivity index (χ1v) is 8.30. The highest BCUT2D eigenvalue weighted by molar-refractivity contribution is 7.99. The number of hydrogen-bond donors (Lipinski definition) is 2. The van der Waals surface area contributed by atoms with Gasteiger partial charge in [-0.3, -0.25) is 4.79 Å². The Hall–Kier alpha value is -0.900. The van der Waals surface area contributed by atoms with Crippen molar-refractivity contribution in [2.45, 2.75) is 25.2 Å². The van der Waals surface area contributed by atoms with E-state index in [9.17, 15) is 18.0 Å². The van der Waals surface area contributed by atoms with Gasteiger partial charge in [0, 0.05) is 49.3 Å². The fraction of sp³-hybridized carbons (Fsp3) is 0.571. The molecule has 11 heteroatoms. The van der Waals surface area contributed by atoms with Crippen LogP contribution in [0.4, 0.5) is 13.2 Å². The number of amides is 1. The van der Waals surface area contributed by atoms with Crippen molar-refractivity contribution in [1.29, 1.82) is 0 Å². The van der Waals surface area contributed by atoms with E-state index in [1.54, 1.807) is 6.07 Å². The Balaban J connectivity index is 0.00000288. The van der Waals surface area contributed by atoms with Crippen LogP contribution in [0, 0.1) is 0 Å². The molecule has 1 atom stereocenters. The average Bonchev–Trinajstić information content (AvgIpc) is 2.52. The Morgan fingerprint density at radius 2 is 2.20 bits per heavy atom. The van der Waals surface area contributed by atoms with Crippen LogP contribution in [0.3, 0.4) is 0 Å². The molecule has 25 heavy (non-hydrogen) atoms. The van der Waals surface area contributed by atoms with Gasteiger partial charge >= 0.3 is 6.18 Å². The number of nitrogens with zero attached hydrogens (tertiary/aromatic N) is 1. The number of thioether (sulfide) groups is 1. The van der Waals surface area contributed by atoms with Gasteiger partial charge in [0.2, 0.25) is 11.8 Å². The van der Waals surface area contributed by atoms with Gasteiger partial charge in [0.25, 0.3) is 0 Å². The largest absolute Gasteiger partial charge is 0.468 e. The Morgan fingerprint density at radius 3 is 2.84 bits per heavy atom. The van der Waals surface area contributed by atoms with E-state index < -0.39 is 12.8 Å². The molecule has 0 aliphatic carbocycles. The molecule has 5 nitrogen and oxygen atoms in total. The number of ether oxygens (including phenoxy) is 1. The lowest BCUT2D eigenvalue weighted by atomic mass is 10.2. The minimum Gasteiger partial charge on any atom is -0.468 e. The predicted octanol–water partition coefficient (Wildman–Crippen LogP) is 2.58. The third-order valence-electron chi connectivity index (χ3n) is 3.10. The van der Waals surface area contributed by atoms with Gasteiger partial charge in [-0.05, 0) is 11.6 Å². The Kier molecular flexibility index (Phi) is 11.2. The van der Waals surface area contributed by atoms with E-state index in [1.807, 2.05) is 11.8 Å². The number of rotatable bonds is 6. The van der Waals surface area contributed by atoms with Crippen molar-refractivity contribution < 1.29 is 22.7 Å². The standard InChI is InChI=1S/C14H18F3N3O2S.2ClH/c15-14(16,17)9-22-13-5-10(1-2-19-13)7-20-12(21)6-11-8-23-4-3-18-11;;/h1-2,5,11,18H,3-4,6-9H2,(H,20,21);2*1H. The second-order valence-electron chi connectivity index (χ2n) is 5.11. The molecule has 1 aliphatic heterocycles. The number of hydrogen-bond acceptors (Lipinski definition) is 5. The fourth-order valence-electron chi connectivity index (χ4n) is 2.04. The second-order valence-corrected chi connectivity index (χ2v) is 6.26. The second kappa shape index (κ2) is 11.7. The van der Waals surface area contributed by atoms with Crippen LogP contribution in [0.15, 0.2) is 18.3 Å². The molecule has 1 fully saturated rings. The number of halogens is 5. The van der Waals surface area contributed by atoms with Crippen LogP contribution in [0.1, 0.15) is 12.0 Å². The van der Waals surface area contributed by atoms with Crippen molar-refractivity contribution in [3.8, 4) is 5.88 Å². The van der Waals surface area contributed by atoms with E-state index in [-0.39, 0.29) is 49.2 Å². The lowest BCUT2D eigenvalue weighted by Crippen LogP contribution is -2.41. The van der Waals surface area contributed by atoms with Gasteiger partial charge in [-0.1, -0.05) is 0 Å². The minimum absolute atomic E-state index is 0. The predicted molar refractivity (Wildman–Crippen MR) is 95.9 cm³/mol. The van der Waals surface area contributed by atoms with Crippen LogP contribution >= 0.6 is 36.6 Å². The topological polar surface area (TPSA) is 63.2 Å². The molecule has 1 unspecified atom stereocenters. The van der Waals surface area contributed by atoms with Crippen LogP contribution in [0.25, 0.3) is 0 Å². The summed E-state index contributed by atoms with van der Waals surface area (Å²) in [7, 11) is 0. The first kappa shape index (κ1) is 24.1. The van der Waals surface area contributed by atoms with Gasteiger partial charge in [0.05, 0.1) is 0 Å². The van der Waals surface area contributed by atoms with Crippen LogP contribution in [0.5, 0.6) is 5.88 Å². The number of carbonyl (C=O) groups is 1. The zero-order valence-electron chi connectivity index (χ0n) is 13.2. The number of pyridine rings is 1. The third kappa shape index (κ3) is 9.98. The Labute approximate surface area is 160 Å². The van der Waals surface area contributed by atoms with Gasteiger partial charge in [0.15, 0.2) is 6.61 Å². The van der Waals surface area contributed by atoms with Gasteiger partial charge in [-0.25, -0.2) is 4.98 Å².